The summed E-state index contributed by atoms with van der Waals surface area (Å²) in [5, 5.41) is 3.42. The van der Waals surface area contributed by atoms with E-state index >= 15 is 0 Å². The molecule has 0 spiro atoms. The fourth-order valence-corrected chi connectivity index (χ4v) is 3.77. The third-order valence-electron chi connectivity index (χ3n) is 5.23. The Kier molecular flexibility index (Phi) is 5.62. The molecule has 1 aromatic carbocycles. The lowest BCUT2D eigenvalue weighted by Crippen LogP contribution is -2.52. The highest BCUT2D eigenvalue weighted by Crippen LogP contribution is 2.35. The molecule has 2 aliphatic rings. The Morgan fingerprint density at radius 1 is 1.13 bits per heavy atom. The van der Waals surface area contributed by atoms with Crippen LogP contribution < -0.4 is 11.1 Å². The number of nitrogens with two attached hydrogens (primary N) is 1. The van der Waals surface area contributed by atoms with E-state index in [0.29, 0.717) is 12.2 Å². The second-order valence-electron chi connectivity index (χ2n) is 6.84. The second-order valence-corrected chi connectivity index (χ2v) is 6.84. The van der Waals surface area contributed by atoms with E-state index in [2.05, 4.69) is 5.32 Å². The molecule has 1 saturated carbocycles. The molecular formula is C18H26F2N2O. The maximum atomic E-state index is 13.9. The monoisotopic (exact) mass is 324 g/mol. The zero-order valence-corrected chi connectivity index (χ0v) is 13.4. The summed E-state index contributed by atoms with van der Waals surface area (Å²) in [5.74, 6) is -0.767. The van der Waals surface area contributed by atoms with Crippen LogP contribution in [0.5, 0.6) is 0 Å². The van der Waals surface area contributed by atoms with Gasteiger partial charge >= 0.3 is 0 Å². The van der Waals surface area contributed by atoms with E-state index in [1.165, 1.54) is 6.07 Å². The van der Waals surface area contributed by atoms with Gasteiger partial charge in [0.2, 0.25) is 0 Å². The average Bonchev–Trinajstić information content (AvgIpc) is 2.55. The molecule has 0 radical (unpaired) electrons. The van der Waals surface area contributed by atoms with Gasteiger partial charge in [0.25, 0.3) is 0 Å². The highest BCUT2D eigenvalue weighted by atomic mass is 19.1. The lowest BCUT2D eigenvalue weighted by molar-refractivity contribution is 0.00602. The molecule has 1 aromatic rings. The molecule has 1 saturated heterocycles. The Morgan fingerprint density at radius 2 is 1.91 bits per heavy atom. The third kappa shape index (κ3) is 4.28. The summed E-state index contributed by atoms with van der Waals surface area (Å²) >= 11 is 0. The van der Waals surface area contributed by atoms with Crippen molar-refractivity contribution in [2.24, 2.45) is 5.73 Å². The van der Waals surface area contributed by atoms with E-state index in [0.717, 1.165) is 51.1 Å². The number of hydrogen-bond acceptors (Lipinski definition) is 3. The summed E-state index contributed by atoms with van der Waals surface area (Å²) in [7, 11) is 0. The van der Waals surface area contributed by atoms with Crippen LogP contribution in [0.25, 0.3) is 0 Å². The van der Waals surface area contributed by atoms with Crippen LogP contribution in [0, 0.1) is 11.6 Å². The largest absolute Gasteiger partial charge is 0.377 e. The molecule has 3 nitrogen and oxygen atoms in total. The fraction of sp³-hybridized carbons (Fsp3) is 0.667. The van der Waals surface area contributed by atoms with Gasteiger partial charge in [0.15, 0.2) is 0 Å². The summed E-state index contributed by atoms with van der Waals surface area (Å²) in [6.45, 7) is 1.67. The lowest BCUT2D eigenvalue weighted by atomic mass is 9.82. The minimum Gasteiger partial charge on any atom is -0.377 e. The average molecular weight is 324 g/mol. The first-order valence-electron chi connectivity index (χ1n) is 8.69. The van der Waals surface area contributed by atoms with Gasteiger partial charge in [0.1, 0.15) is 11.6 Å². The topological polar surface area (TPSA) is 47.3 Å². The zero-order chi connectivity index (χ0) is 16.2. The van der Waals surface area contributed by atoms with Crippen molar-refractivity contribution in [2.75, 3.05) is 13.2 Å². The molecule has 23 heavy (non-hydrogen) atoms. The Labute approximate surface area is 136 Å². The Morgan fingerprint density at radius 3 is 2.61 bits per heavy atom. The van der Waals surface area contributed by atoms with E-state index in [-0.39, 0.29) is 24.1 Å². The molecule has 1 aliphatic heterocycles. The van der Waals surface area contributed by atoms with Crippen LogP contribution in [-0.4, -0.2) is 31.3 Å². The van der Waals surface area contributed by atoms with Crippen LogP contribution in [0.4, 0.5) is 8.78 Å². The Bertz CT molecular complexity index is 518. The van der Waals surface area contributed by atoms with Crippen molar-refractivity contribution < 1.29 is 13.5 Å². The quantitative estimate of drug-likeness (QED) is 0.895. The maximum Gasteiger partial charge on any atom is 0.129 e. The van der Waals surface area contributed by atoms with Gasteiger partial charge in [-0.3, -0.25) is 0 Å². The van der Waals surface area contributed by atoms with Crippen molar-refractivity contribution in [3.63, 3.8) is 0 Å². The highest BCUT2D eigenvalue weighted by molar-refractivity contribution is 5.23. The first-order chi connectivity index (χ1) is 11.1. The van der Waals surface area contributed by atoms with Crippen molar-refractivity contribution in [1.82, 2.24) is 5.32 Å². The Hall–Kier alpha value is -1.04. The van der Waals surface area contributed by atoms with Crippen molar-refractivity contribution in [2.45, 2.75) is 62.6 Å². The van der Waals surface area contributed by atoms with Crippen LogP contribution in [0.1, 0.15) is 50.0 Å². The van der Waals surface area contributed by atoms with E-state index in [9.17, 15) is 8.78 Å². The summed E-state index contributed by atoms with van der Waals surface area (Å²) in [6.07, 6.45) is 6.02. The number of nitrogens with one attached hydrogen (secondary N) is 1. The number of ether oxygens (including phenoxy) is 1. The fourth-order valence-electron chi connectivity index (χ4n) is 3.77. The highest BCUT2D eigenvalue weighted by Gasteiger charge is 2.27. The second kappa shape index (κ2) is 7.69. The maximum absolute atomic E-state index is 13.9. The molecule has 1 aliphatic carbocycles. The number of benzene rings is 1. The van der Waals surface area contributed by atoms with E-state index in [4.69, 9.17) is 10.5 Å². The Balaban J connectivity index is 1.46. The van der Waals surface area contributed by atoms with Crippen molar-refractivity contribution in [1.29, 1.82) is 0 Å². The smallest absolute Gasteiger partial charge is 0.129 e. The van der Waals surface area contributed by atoms with Gasteiger partial charge in [-0.15, -0.1) is 0 Å². The summed E-state index contributed by atoms with van der Waals surface area (Å²) < 4.78 is 32.9. The van der Waals surface area contributed by atoms with Gasteiger partial charge in [-0.25, -0.2) is 8.78 Å². The minimum absolute atomic E-state index is 0.172. The molecular weight excluding hydrogens is 298 g/mol. The van der Waals surface area contributed by atoms with Crippen LogP contribution in [0.3, 0.4) is 0 Å². The van der Waals surface area contributed by atoms with Crippen molar-refractivity contribution in [3.05, 3.63) is 35.4 Å². The molecule has 2 unspecified atom stereocenters. The number of hydrogen-bond donors (Lipinski definition) is 2. The minimum atomic E-state index is -0.514. The van der Waals surface area contributed by atoms with Crippen LogP contribution in [0.15, 0.2) is 18.2 Å². The van der Waals surface area contributed by atoms with Gasteiger partial charge in [0, 0.05) is 18.2 Å². The van der Waals surface area contributed by atoms with Crippen molar-refractivity contribution >= 4 is 0 Å². The van der Waals surface area contributed by atoms with Gasteiger partial charge in [-0.05, 0) is 62.6 Å². The molecule has 3 N–H and O–H groups in total. The van der Waals surface area contributed by atoms with Gasteiger partial charge in [-0.1, -0.05) is 6.07 Å². The lowest BCUT2D eigenvalue weighted by Gasteiger charge is -2.33. The molecule has 0 bridgehead atoms. The van der Waals surface area contributed by atoms with Crippen molar-refractivity contribution in [3.8, 4) is 0 Å². The molecule has 2 fully saturated rings. The molecule has 3 rings (SSSR count). The molecule has 5 heteroatoms. The van der Waals surface area contributed by atoms with Crippen LogP contribution >= 0.6 is 0 Å². The zero-order valence-electron chi connectivity index (χ0n) is 13.4. The SMILES string of the molecule is NC1CCCNC1COC1CCC(c2ccc(F)cc2F)CC1. The molecule has 0 aromatic heterocycles. The van der Waals surface area contributed by atoms with E-state index in [1.54, 1.807) is 6.07 Å². The number of piperidine rings is 1. The number of halogens is 2. The molecule has 2 atom stereocenters. The van der Waals surface area contributed by atoms with Gasteiger partial charge in [-0.2, -0.15) is 0 Å². The van der Waals surface area contributed by atoms with Gasteiger partial charge in [0.05, 0.1) is 12.7 Å². The standard InChI is InChI=1S/C18H26F2N2O/c19-13-5-8-15(16(20)10-13)12-3-6-14(7-4-12)23-11-18-17(21)2-1-9-22-18/h5,8,10,12,14,17-18,22H,1-4,6-7,9,11,21H2. The molecule has 128 valence electrons. The first-order valence-corrected chi connectivity index (χ1v) is 8.69. The third-order valence-corrected chi connectivity index (χ3v) is 5.23. The van der Waals surface area contributed by atoms with Crippen LogP contribution in [-0.2, 0) is 4.74 Å². The molecule has 0 amide bonds. The van der Waals surface area contributed by atoms with Gasteiger partial charge < -0.3 is 15.8 Å². The summed E-state index contributed by atoms with van der Waals surface area (Å²) in [6, 6.07) is 4.33. The summed E-state index contributed by atoms with van der Waals surface area (Å²) in [5.41, 5.74) is 6.75. The normalized spacial score (nSPS) is 32.0. The predicted octanol–water partition coefficient (Wildman–Crippen LogP) is 3.09. The van der Waals surface area contributed by atoms with Crippen LogP contribution in [0.2, 0.25) is 0 Å². The first kappa shape index (κ1) is 16.8. The molecule has 1 heterocycles. The number of rotatable bonds is 4. The predicted molar refractivity (Wildman–Crippen MR) is 86.3 cm³/mol. The van der Waals surface area contributed by atoms with E-state index in [1.807, 2.05) is 0 Å². The van der Waals surface area contributed by atoms with E-state index < -0.39 is 11.6 Å². The summed E-state index contributed by atoms with van der Waals surface area (Å²) in [4.78, 5) is 0.